The molecule has 0 radical (unpaired) electrons. The maximum absolute atomic E-state index is 9.70. The first-order chi connectivity index (χ1) is 4.67. The predicted octanol–water partition coefficient (Wildman–Crippen LogP) is 1.95. The lowest BCUT2D eigenvalue weighted by atomic mass is 10.0. The van der Waals surface area contributed by atoms with E-state index in [2.05, 4.69) is 0 Å². The van der Waals surface area contributed by atoms with Gasteiger partial charge < -0.3 is 5.11 Å². The molecule has 2 aliphatic rings. The van der Waals surface area contributed by atoms with Crippen molar-refractivity contribution in [2.75, 3.05) is 0 Å². The standard InChI is InChI=1S/C9H16O/c1-9(10)5-7-3-2-4-8(7)6-9/h7-8,10H,2-6H2,1H3/t7-,8+,9?. The molecule has 2 fully saturated rings. The van der Waals surface area contributed by atoms with Gasteiger partial charge in [0.1, 0.15) is 0 Å². The Hall–Kier alpha value is -0.0400. The molecule has 2 aliphatic carbocycles. The van der Waals surface area contributed by atoms with Gasteiger partial charge in [0.2, 0.25) is 0 Å². The summed E-state index contributed by atoms with van der Waals surface area (Å²) in [6.45, 7) is 1.99. The van der Waals surface area contributed by atoms with Gasteiger partial charge in [-0.3, -0.25) is 0 Å². The molecule has 3 atom stereocenters. The van der Waals surface area contributed by atoms with Gasteiger partial charge in [-0.25, -0.2) is 0 Å². The third kappa shape index (κ3) is 0.968. The van der Waals surface area contributed by atoms with Gasteiger partial charge in [-0.1, -0.05) is 19.3 Å². The third-order valence-electron chi connectivity index (χ3n) is 3.22. The van der Waals surface area contributed by atoms with Crippen LogP contribution in [0.3, 0.4) is 0 Å². The van der Waals surface area contributed by atoms with Gasteiger partial charge in [-0.15, -0.1) is 0 Å². The van der Waals surface area contributed by atoms with Gasteiger partial charge in [0.05, 0.1) is 5.60 Å². The summed E-state index contributed by atoms with van der Waals surface area (Å²) in [5.74, 6) is 1.74. The second-order valence-corrected chi connectivity index (χ2v) is 4.36. The van der Waals surface area contributed by atoms with Crippen LogP contribution in [0, 0.1) is 11.8 Å². The highest BCUT2D eigenvalue weighted by molar-refractivity contribution is 4.94. The van der Waals surface area contributed by atoms with Gasteiger partial charge in [0.15, 0.2) is 0 Å². The summed E-state index contributed by atoms with van der Waals surface area (Å²) >= 11 is 0. The summed E-state index contributed by atoms with van der Waals surface area (Å²) in [6.07, 6.45) is 6.29. The molecule has 2 rings (SSSR count). The van der Waals surface area contributed by atoms with E-state index in [1.54, 1.807) is 0 Å². The van der Waals surface area contributed by atoms with E-state index in [0.717, 1.165) is 24.7 Å². The molecule has 0 aromatic heterocycles. The number of fused-ring (bicyclic) bond motifs is 1. The Morgan fingerprint density at radius 2 is 1.70 bits per heavy atom. The zero-order valence-electron chi connectivity index (χ0n) is 6.64. The molecule has 2 saturated carbocycles. The predicted molar refractivity (Wildman–Crippen MR) is 40.7 cm³/mol. The summed E-state index contributed by atoms with van der Waals surface area (Å²) in [6, 6.07) is 0. The highest BCUT2D eigenvalue weighted by atomic mass is 16.3. The largest absolute Gasteiger partial charge is 0.390 e. The highest BCUT2D eigenvalue weighted by Gasteiger charge is 2.42. The molecule has 0 heterocycles. The fourth-order valence-electron chi connectivity index (χ4n) is 2.86. The van der Waals surface area contributed by atoms with E-state index < -0.39 is 0 Å². The Balaban J connectivity index is 2.07. The average molecular weight is 140 g/mol. The van der Waals surface area contributed by atoms with Crippen LogP contribution in [-0.4, -0.2) is 10.7 Å². The highest BCUT2D eigenvalue weighted by Crippen LogP contribution is 2.48. The summed E-state index contributed by atoms with van der Waals surface area (Å²) in [4.78, 5) is 0. The fraction of sp³-hybridized carbons (Fsp3) is 1.00. The van der Waals surface area contributed by atoms with Crippen LogP contribution in [0.2, 0.25) is 0 Å². The van der Waals surface area contributed by atoms with Gasteiger partial charge in [-0.2, -0.15) is 0 Å². The molecular formula is C9H16O. The molecule has 1 heteroatoms. The van der Waals surface area contributed by atoms with E-state index in [1.165, 1.54) is 19.3 Å². The molecule has 1 nitrogen and oxygen atoms in total. The van der Waals surface area contributed by atoms with E-state index in [4.69, 9.17) is 0 Å². The molecule has 0 saturated heterocycles. The first-order valence-electron chi connectivity index (χ1n) is 4.40. The summed E-state index contributed by atoms with van der Waals surface area (Å²) in [5, 5.41) is 9.70. The van der Waals surface area contributed by atoms with Crippen LogP contribution in [0.15, 0.2) is 0 Å². The van der Waals surface area contributed by atoms with Crippen LogP contribution in [0.4, 0.5) is 0 Å². The second-order valence-electron chi connectivity index (χ2n) is 4.36. The lowest BCUT2D eigenvalue weighted by Gasteiger charge is -2.16. The minimum atomic E-state index is -0.310. The summed E-state index contributed by atoms with van der Waals surface area (Å²) < 4.78 is 0. The Morgan fingerprint density at radius 3 is 2.20 bits per heavy atom. The lowest BCUT2D eigenvalue weighted by Crippen LogP contribution is -2.19. The topological polar surface area (TPSA) is 20.2 Å². The minimum absolute atomic E-state index is 0.310. The second kappa shape index (κ2) is 1.97. The normalized spacial score (nSPS) is 53.4. The van der Waals surface area contributed by atoms with E-state index in [9.17, 15) is 5.11 Å². The van der Waals surface area contributed by atoms with Gasteiger partial charge in [-0.05, 0) is 31.6 Å². The smallest absolute Gasteiger partial charge is 0.0625 e. The molecule has 0 spiro atoms. The number of rotatable bonds is 0. The van der Waals surface area contributed by atoms with E-state index in [-0.39, 0.29) is 5.60 Å². The Morgan fingerprint density at radius 1 is 1.20 bits per heavy atom. The minimum Gasteiger partial charge on any atom is -0.390 e. The van der Waals surface area contributed by atoms with Crippen molar-refractivity contribution in [2.45, 2.75) is 44.6 Å². The van der Waals surface area contributed by atoms with Crippen molar-refractivity contribution in [3.63, 3.8) is 0 Å². The molecule has 0 aromatic rings. The van der Waals surface area contributed by atoms with Gasteiger partial charge in [0.25, 0.3) is 0 Å². The first-order valence-corrected chi connectivity index (χ1v) is 4.40. The van der Waals surface area contributed by atoms with Crippen molar-refractivity contribution >= 4 is 0 Å². The number of hydrogen-bond donors (Lipinski definition) is 1. The van der Waals surface area contributed by atoms with Crippen molar-refractivity contribution in [3.05, 3.63) is 0 Å². The fourth-order valence-corrected chi connectivity index (χ4v) is 2.86. The molecular weight excluding hydrogens is 124 g/mol. The molecule has 0 amide bonds. The maximum atomic E-state index is 9.70. The average Bonchev–Trinajstić information content (AvgIpc) is 2.20. The number of hydrogen-bond acceptors (Lipinski definition) is 1. The molecule has 0 bridgehead atoms. The zero-order valence-corrected chi connectivity index (χ0v) is 6.64. The SMILES string of the molecule is CC1(O)C[C@H]2CCC[C@H]2C1. The maximum Gasteiger partial charge on any atom is 0.0625 e. The van der Waals surface area contributed by atoms with Crippen molar-refractivity contribution in [1.82, 2.24) is 0 Å². The molecule has 10 heavy (non-hydrogen) atoms. The molecule has 0 aromatic carbocycles. The molecule has 0 aliphatic heterocycles. The van der Waals surface area contributed by atoms with Crippen LogP contribution in [0.25, 0.3) is 0 Å². The Kier molecular flexibility index (Phi) is 1.31. The van der Waals surface area contributed by atoms with E-state index >= 15 is 0 Å². The van der Waals surface area contributed by atoms with Gasteiger partial charge in [0, 0.05) is 0 Å². The molecule has 1 unspecified atom stereocenters. The summed E-state index contributed by atoms with van der Waals surface area (Å²) in [7, 11) is 0. The van der Waals surface area contributed by atoms with Crippen LogP contribution < -0.4 is 0 Å². The van der Waals surface area contributed by atoms with Crippen LogP contribution in [-0.2, 0) is 0 Å². The quantitative estimate of drug-likeness (QED) is 0.545. The number of aliphatic hydroxyl groups is 1. The van der Waals surface area contributed by atoms with Crippen molar-refractivity contribution in [3.8, 4) is 0 Å². The Labute approximate surface area is 62.4 Å². The van der Waals surface area contributed by atoms with Crippen molar-refractivity contribution in [2.24, 2.45) is 11.8 Å². The molecule has 58 valence electrons. The zero-order chi connectivity index (χ0) is 7.19. The van der Waals surface area contributed by atoms with Crippen molar-refractivity contribution < 1.29 is 5.11 Å². The van der Waals surface area contributed by atoms with Crippen LogP contribution >= 0.6 is 0 Å². The van der Waals surface area contributed by atoms with Gasteiger partial charge >= 0.3 is 0 Å². The molecule has 1 N–H and O–H groups in total. The first kappa shape index (κ1) is 6.66. The summed E-state index contributed by atoms with van der Waals surface area (Å²) in [5.41, 5.74) is -0.310. The van der Waals surface area contributed by atoms with E-state index in [0.29, 0.717) is 0 Å². The monoisotopic (exact) mass is 140 g/mol. The van der Waals surface area contributed by atoms with E-state index in [1.807, 2.05) is 6.92 Å². The third-order valence-corrected chi connectivity index (χ3v) is 3.22. The van der Waals surface area contributed by atoms with Crippen LogP contribution in [0.5, 0.6) is 0 Å². The Bertz CT molecular complexity index is 126. The lowest BCUT2D eigenvalue weighted by molar-refractivity contribution is 0.0587. The van der Waals surface area contributed by atoms with Crippen molar-refractivity contribution in [1.29, 1.82) is 0 Å². The van der Waals surface area contributed by atoms with Crippen LogP contribution in [0.1, 0.15) is 39.0 Å².